The van der Waals surface area contributed by atoms with Gasteiger partial charge in [0.25, 0.3) is 5.91 Å². The molecule has 2 N–H and O–H groups in total. The minimum atomic E-state index is -5.08. The third-order valence-corrected chi connectivity index (χ3v) is 5.96. The Balaban J connectivity index is 0.000000317. The van der Waals surface area contributed by atoms with Crippen LogP contribution in [0.25, 0.3) is 16.6 Å². The van der Waals surface area contributed by atoms with Crippen LogP contribution in [0.15, 0.2) is 73.2 Å². The topological polar surface area (TPSA) is 128 Å². The van der Waals surface area contributed by atoms with Gasteiger partial charge in [0.05, 0.1) is 17.4 Å². The summed E-state index contributed by atoms with van der Waals surface area (Å²) in [5.74, 6) is -5.79. The number of carbonyl (C=O) groups excluding carboxylic acids is 1. The van der Waals surface area contributed by atoms with Crippen molar-refractivity contribution in [2.75, 3.05) is 31.1 Å². The van der Waals surface area contributed by atoms with Gasteiger partial charge in [-0.3, -0.25) is 9.78 Å². The van der Waals surface area contributed by atoms with Crippen LogP contribution in [-0.4, -0.2) is 86.1 Å². The highest BCUT2D eigenvalue weighted by Crippen LogP contribution is 2.28. The normalized spacial score (nSPS) is 13.3. The predicted octanol–water partition coefficient (Wildman–Crippen LogP) is 4.76. The molecule has 0 bridgehead atoms. The van der Waals surface area contributed by atoms with Crippen LogP contribution in [-0.2, 0) is 9.59 Å². The van der Waals surface area contributed by atoms with Gasteiger partial charge in [0.15, 0.2) is 0 Å². The number of hydrogen-bond donors (Lipinski definition) is 2. The third kappa shape index (κ3) is 8.89. The van der Waals surface area contributed by atoms with Gasteiger partial charge >= 0.3 is 24.3 Å². The van der Waals surface area contributed by atoms with E-state index in [9.17, 15) is 35.5 Å². The van der Waals surface area contributed by atoms with Crippen LogP contribution in [0.2, 0.25) is 0 Å². The molecule has 1 aliphatic rings. The molecule has 0 radical (unpaired) electrons. The molecule has 10 nitrogen and oxygen atoms in total. The fourth-order valence-corrected chi connectivity index (χ4v) is 3.84. The number of pyridine rings is 2. The highest BCUT2D eigenvalue weighted by atomic mass is 19.4. The van der Waals surface area contributed by atoms with Crippen molar-refractivity contribution in [3.05, 3.63) is 84.7 Å². The number of anilines is 1. The number of halogens is 7. The number of hydrogen-bond acceptors (Lipinski definition) is 6. The molecule has 4 aromatic rings. The van der Waals surface area contributed by atoms with E-state index < -0.39 is 24.3 Å². The first-order chi connectivity index (χ1) is 20.6. The van der Waals surface area contributed by atoms with Crippen LogP contribution >= 0.6 is 0 Å². The maximum absolute atomic E-state index is 13.3. The van der Waals surface area contributed by atoms with Crippen molar-refractivity contribution < 1.29 is 55.3 Å². The van der Waals surface area contributed by atoms with Crippen LogP contribution in [0.4, 0.5) is 36.4 Å². The number of nitrogens with zero attached hydrogens (tertiary/aromatic N) is 5. The van der Waals surface area contributed by atoms with Crippen molar-refractivity contribution in [2.24, 2.45) is 0 Å². The number of carbonyl (C=O) groups is 3. The second-order valence-electron chi connectivity index (χ2n) is 8.88. The minimum absolute atomic E-state index is 0.0336. The molecule has 0 atom stereocenters. The molecule has 0 saturated carbocycles. The van der Waals surface area contributed by atoms with E-state index >= 15 is 0 Å². The van der Waals surface area contributed by atoms with Crippen LogP contribution in [0.3, 0.4) is 0 Å². The molecule has 44 heavy (non-hydrogen) atoms. The lowest BCUT2D eigenvalue weighted by molar-refractivity contribution is -0.193. The molecule has 5 rings (SSSR count). The Morgan fingerprint density at radius 3 is 1.84 bits per heavy atom. The van der Waals surface area contributed by atoms with Crippen molar-refractivity contribution in [1.82, 2.24) is 19.5 Å². The number of aliphatic carboxylic acids is 2. The molecular formula is C27H22F7N5O5. The average molecular weight is 629 g/mol. The molecular weight excluding hydrogens is 607 g/mol. The van der Waals surface area contributed by atoms with E-state index in [4.69, 9.17) is 19.8 Å². The number of benzene rings is 1. The quantitative estimate of drug-likeness (QED) is 0.311. The summed E-state index contributed by atoms with van der Waals surface area (Å²) in [5.41, 5.74) is 4.46. The van der Waals surface area contributed by atoms with Gasteiger partial charge in [-0.1, -0.05) is 18.2 Å². The number of carboxylic acids is 2. The zero-order valence-electron chi connectivity index (χ0n) is 22.3. The second kappa shape index (κ2) is 13.8. The zero-order valence-corrected chi connectivity index (χ0v) is 22.3. The molecule has 3 aromatic heterocycles. The van der Waals surface area contributed by atoms with Gasteiger partial charge in [0.1, 0.15) is 11.5 Å². The van der Waals surface area contributed by atoms with Gasteiger partial charge in [-0.15, -0.1) is 0 Å². The zero-order chi connectivity index (χ0) is 32.7. The van der Waals surface area contributed by atoms with E-state index in [-0.39, 0.29) is 11.7 Å². The monoisotopic (exact) mass is 629 g/mol. The van der Waals surface area contributed by atoms with E-state index in [1.807, 2.05) is 33.9 Å². The van der Waals surface area contributed by atoms with Crippen LogP contribution in [0.1, 0.15) is 10.5 Å². The Bertz CT molecular complexity index is 1560. The van der Waals surface area contributed by atoms with Gasteiger partial charge in [-0.25, -0.2) is 18.5 Å². The van der Waals surface area contributed by atoms with Gasteiger partial charge < -0.3 is 20.0 Å². The summed E-state index contributed by atoms with van der Waals surface area (Å²) in [7, 11) is 0. The van der Waals surface area contributed by atoms with Crippen LogP contribution in [0, 0.1) is 5.82 Å². The Morgan fingerprint density at radius 2 is 1.34 bits per heavy atom. The van der Waals surface area contributed by atoms with E-state index in [0.29, 0.717) is 18.8 Å². The van der Waals surface area contributed by atoms with Gasteiger partial charge in [-0.05, 0) is 47.5 Å². The van der Waals surface area contributed by atoms with E-state index in [0.717, 1.165) is 35.4 Å². The Hall–Kier alpha value is -5.22. The smallest absolute Gasteiger partial charge is 0.475 e. The number of amides is 1. The van der Waals surface area contributed by atoms with E-state index in [2.05, 4.69) is 21.0 Å². The molecule has 234 valence electrons. The summed E-state index contributed by atoms with van der Waals surface area (Å²) in [4.78, 5) is 38.7. The molecule has 0 aliphatic carbocycles. The number of carboxylic acid groups (broad SMARTS) is 2. The summed E-state index contributed by atoms with van der Waals surface area (Å²) < 4.78 is 78.6. The van der Waals surface area contributed by atoms with Crippen LogP contribution in [0.5, 0.6) is 0 Å². The molecule has 1 aliphatic heterocycles. The lowest BCUT2D eigenvalue weighted by Crippen LogP contribution is -2.49. The van der Waals surface area contributed by atoms with Crippen molar-refractivity contribution in [1.29, 1.82) is 0 Å². The number of piperazine rings is 1. The summed E-state index contributed by atoms with van der Waals surface area (Å²) in [5, 5.41) is 18.7. The summed E-state index contributed by atoms with van der Waals surface area (Å²) in [6, 6.07) is 15.9. The second-order valence-corrected chi connectivity index (χ2v) is 8.88. The first-order valence-electron chi connectivity index (χ1n) is 12.4. The van der Waals surface area contributed by atoms with Gasteiger partial charge in [0.2, 0.25) is 0 Å². The van der Waals surface area contributed by atoms with Crippen molar-refractivity contribution in [3.63, 3.8) is 0 Å². The Kier molecular flexibility index (Phi) is 10.5. The SMILES string of the molecule is O=C(O)C(F)(F)F.O=C(O)C(F)(F)F.O=C(c1ccccn1)N1CCN(c2cnn3ccc(-c4ccc(F)cc4)cc23)CC1. The first kappa shape index (κ1) is 33.3. The van der Waals surface area contributed by atoms with E-state index in [1.165, 1.54) is 12.1 Å². The molecule has 4 heterocycles. The lowest BCUT2D eigenvalue weighted by Gasteiger charge is -2.35. The molecule has 1 fully saturated rings. The third-order valence-electron chi connectivity index (χ3n) is 5.96. The van der Waals surface area contributed by atoms with Gasteiger partial charge in [-0.2, -0.15) is 31.4 Å². The molecule has 0 unspecified atom stereocenters. The number of aromatic nitrogens is 3. The summed E-state index contributed by atoms with van der Waals surface area (Å²) in [6.07, 6.45) is -4.75. The Morgan fingerprint density at radius 1 is 0.773 bits per heavy atom. The molecule has 1 saturated heterocycles. The largest absolute Gasteiger partial charge is 0.490 e. The molecule has 1 aromatic carbocycles. The Labute approximate surface area is 243 Å². The molecule has 0 spiro atoms. The summed E-state index contributed by atoms with van der Waals surface area (Å²) >= 11 is 0. The average Bonchev–Trinajstić information content (AvgIpc) is 3.41. The highest BCUT2D eigenvalue weighted by molar-refractivity contribution is 5.92. The first-order valence-corrected chi connectivity index (χ1v) is 12.4. The predicted molar refractivity (Wildman–Crippen MR) is 140 cm³/mol. The standard InChI is InChI=1S/C23H20FN5O.2C2HF3O2/c24-19-6-4-17(5-7-19)18-8-10-29-21(15-18)22(16-26-29)27-11-13-28(14-12-27)23(30)20-3-1-2-9-25-20;2*3-2(4,5)1(6)7/h1-10,15-16H,11-14H2;2*(H,6,7). The highest BCUT2D eigenvalue weighted by Gasteiger charge is 2.38. The van der Waals surface area contributed by atoms with E-state index in [1.54, 1.807) is 30.5 Å². The van der Waals surface area contributed by atoms with Gasteiger partial charge in [0, 0.05) is 38.6 Å². The van der Waals surface area contributed by atoms with Crippen LogP contribution < -0.4 is 4.90 Å². The van der Waals surface area contributed by atoms with Crippen molar-refractivity contribution in [2.45, 2.75) is 12.4 Å². The summed E-state index contributed by atoms with van der Waals surface area (Å²) in [6.45, 7) is 2.70. The molecule has 1 amide bonds. The molecule has 17 heteroatoms. The lowest BCUT2D eigenvalue weighted by atomic mass is 10.1. The fraction of sp³-hybridized carbons (Fsp3) is 0.222. The van der Waals surface area contributed by atoms with Crippen molar-refractivity contribution >= 4 is 29.0 Å². The minimum Gasteiger partial charge on any atom is -0.475 e. The fourth-order valence-electron chi connectivity index (χ4n) is 3.84. The number of rotatable bonds is 3. The van der Waals surface area contributed by atoms with Crippen molar-refractivity contribution in [3.8, 4) is 11.1 Å². The maximum atomic E-state index is 13.3. The maximum Gasteiger partial charge on any atom is 0.490 e. The number of fused-ring (bicyclic) bond motifs is 1. The number of alkyl halides is 6.